The Bertz CT molecular complexity index is 143. The van der Waals surface area contributed by atoms with Crippen molar-refractivity contribution in [3.8, 4) is 0 Å². The smallest absolute Gasteiger partial charge is 0.0139 e. The van der Waals surface area contributed by atoms with E-state index in [1.165, 1.54) is 19.3 Å². The zero-order chi connectivity index (χ0) is 8.97. The molecule has 0 aromatic heterocycles. The maximum atomic E-state index is 3.67. The molecule has 0 saturated carbocycles. The Hall–Kier alpha value is -0.300. The fraction of sp³-hybridized carbons (Fsp3) is 0.818. The van der Waals surface area contributed by atoms with Crippen LogP contribution >= 0.6 is 0 Å². The SMILES string of the molecule is CCC(C)C(C)NC1CC=CC1. The quantitative estimate of drug-likeness (QED) is 0.635. The van der Waals surface area contributed by atoms with E-state index in [0.29, 0.717) is 12.1 Å². The van der Waals surface area contributed by atoms with E-state index in [4.69, 9.17) is 0 Å². The normalized spacial score (nSPS) is 22.9. The number of hydrogen-bond acceptors (Lipinski definition) is 1. The van der Waals surface area contributed by atoms with Gasteiger partial charge < -0.3 is 5.32 Å². The van der Waals surface area contributed by atoms with Crippen LogP contribution in [-0.4, -0.2) is 12.1 Å². The molecule has 0 spiro atoms. The highest BCUT2D eigenvalue weighted by molar-refractivity contribution is 4.98. The van der Waals surface area contributed by atoms with Gasteiger partial charge in [0.15, 0.2) is 0 Å². The average Bonchev–Trinajstić information content (AvgIpc) is 2.55. The van der Waals surface area contributed by atoms with Gasteiger partial charge in [0.2, 0.25) is 0 Å². The van der Waals surface area contributed by atoms with Crippen molar-refractivity contribution in [2.75, 3.05) is 0 Å². The molecule has 2 unspecified atom stereocenters. The van der Waals surface area contributed by atoms with Gasteiger partial charge in [0.05, 0.1) is 0 Å². The van der Waals surface area contributed by atoms with Crippen LogP contribution in [0.4, 0.5) is 0 Å². The highest BCUT2D eigenvalue weighted by atomic mass is 14.9. The summed E-state index contributed by atoms with van der Waals surface area (Å²) in [6, 6.07) is 1.38. The zero-order valence-corrected chi connectivity index (χ0v) is 8.51. The van der Waals surface area contributed by atoms with E-state index in [2.05, 4.69) is 38.2 Å². The lowest BCUT2D eigenvalue weighted by Crippen LogP contribution is -2.38. The topological polar surface area (TPSA) is 12.0 Å². The number of hydrogen-bond donors (Lipinski definition) is 1. The van der Waals surface area contributed by atoms with Crippen LogP contribution in [0, 0.1) is 5.92 Å². The molecule has 0 heterocycles. The van der Waals surface area contributed by atoms with Crippen LogP contribution in [0.1, 0.15) is 40.0 Å². The first kappa shape index (κ1) is 9.79. The van der Waals surface area contributed by atoms with E-state index in [1.54, 1.807) is 0 Å². The molecule has 2 atom stereocenters. The van der Waals surface area contributed by atoms with Crippen molar-refractivity contribution in [2.24, 2.45) is 5.92 Å². The van der Waals surface area contributed by atoms with Crippen molar-refractivity contribution in [2.45, 2.75) is 52.1 Å². The molecule has 0 aliphatic heterocycles. The summed E-state index contributed by atoms with van der Waals surface area (Å²) in [6.07, 6.45) is 8.28. The van der Waals surface area contributed by atoms with Crippen LogP contribution < -0.4 is 5.32 Å². The lowest BCUT2D eigenvalue weighted by Gasteiger charge is -2.23. The minimum Gasteiger partial charge on any atom is -0.311 e. The van der Waals surface area contributed by atoms with Crippen molar-refractivity contribution in [1.82, 2.24) is 5.32 Å². The fourth-order valence-electron chi connectivity index (χ4n) is 1.64. The number of rotatable bonds is 4. The Morgan fingerprint density at radius 3 is 2.42 bits per heavy atom. The zero-order valence-electron chi connectivity index (χ0n) is 8.51. The second-order valence-electron chi connectivity index (χ2n) is 3.98. The Labute approximate surface area is 76.2 Å². The van der Waals surface area contributed by atoms with Gasteiger partial charge >= 0.3 is 0 Å². The van der Waals surface area contributed by atoms with Crippen LogP contribution in [0.5, 0.6) is 0 Å². The van der Waals surface area contributed by atoms with Gasteiger partial charge in [0, 0.05) is 12.1 Å². The highest BCUT2D eigenvalue weighted by Gasteiger charge is 2.15. The first-order valence-corrected chi connectivity index (χ1v) is 5.15. The van der Waals surface area contributed by atoms with Crippen molar-refractivity contribution < 1.29 is 0 Å². The van der Waals surface area contributed by atoms with E-state index in [-0.39, 0.29) is 0 Å². The van der Waals surface area contributed by atoms with Crippen LogP contribution in [-0.2, 0) is 0 Å². The molecule has 1 rings (SSSR count). The van der Waals surface area contributed by atoms with E-state index in [0.717, 1.165) is 5.92 Å². The van der Waals surface area contributed by atoms with E-state index in [1.807, 2.05) is 0 Å². The Morgan fingerprint density at radius 1 is 1.33 bits per heavy atom. The van der Waals surface area contributed by atoms with Gasteiger partial charge in [0.25, 0.3) is 0 Å². The largest absolute Gasteiger partial charge is 0.311 e. The molecule has 70 valence electrons. The standard InChI is InChI=1S/C11H21N/c1-4-9(2)10(3)12-11-7-5-6-8-11/h5-6,9-12H,4,7-8H2,1-3H3. The minimum atomic E-state index is 0.667. The maximum absolute atomic E-state index is 3.67. The van der Waals surface area contributed by atoms with Crippen LogP contribution in [0.2, 0.25) is 0 Å². The first-order valence-electron chi connectivity index (χ1n) is 5.15. The molecule has 1 N–H and O–H groups in total. The summed E-state index contributed by atoms with van der Waals surface area (Å²) >= 11 is 0. The molecule has 1 aliphatic rings. The summed E-state index contributed by atoms with van der Waals surface area (Å²) in [6.45, 7) is 6.88. The van der Waals surface area contributed by atoms with E-state index < -0.39 is 0 Å². The predicted octanol–water partition coefficient (Wildman–Crippen LogP) is 2.73. The van der Waals surface area contributed by atoms with Gasteiger partial charge in [-0.2, -0.15) is 0 Å². The van der Waals surface area contributed by atoms with Crippen LogP contribution in [0.25, 0.3) is 0 Å². The lowest BCUT2D eigenvalue weighted by molar-refractivity contribution is 0.353. The molecule has 0 aromatic rings. The average molecular weight is 167 g/mol. The fourth-order valence-corrected chi connectivity index (χ4v) is 1.64. The van der Waals surface area contributed by atoms with E-state index in [9.17, 15) is 0 Å². The summed E-state index contributed by atoms with van der Waals surface area (Å²) in [5.41, 5.74) is 0. The van der Waals surface area contributed by atoms with Crippen molar-refractivity contribution in [1.29, 1.82) is 0 Å². The molecule has 0 radical (unpaired) electrons. The predicted molar refractivity (Wildman–Crippen MR) is 54.2 cm³/mol. The van der Waals surface area contributed by atoms with Gasteiger partial charge in [-0.1, -0.05) is 32.4 Å². The second kappa shape index (κ2) is 4.66. The molecule has 1 aliphatic carbocycles. The van der Waals surface area contributed by atoms with Gasteiger partial charge in [-0.05, 0) is 25.7 Å². The summed E-state index contributed by atoms with van der Waals surface area (Å²) in [7, 11) is 0. The molecular formula is C11H21N. The van der Waals surface area contributed by atoms with Crippen molar-refractivity contribution in [3.63, 3.8) is 0 Å². The first-order chi connectivity index (χ1) is 5.74. The molecule has 0 fully saturated rings. The molecule has 0 saturated heterocycles. The Balaban J connectivity index is 2.21. The van der Waals surface area contributed by atoms with Gasteiger partial charge in [-0.15, -0.1) is 0 Å². The maximum Gasteiger partial charge on any atom is 0.0139 e. The van der Waals surface area contributed by atoms with Gasteiger partial charge in [-0.25, -0.2) is 0 Å². The monoisotopic (exact) mass is 167 g/mol. The third-order valence-electron chi connectivity index (χ3n) is 3.00. The molecule has 1 heteroatoms. The van der Waals surface area contributed by atoms with Crippen LogP contribution in [0.3, 0.4) is 0 Å². The Morgan fingerprint density at radius 2 is 1.92 bits per heavy atom. The summed E-state index contributed by atoms with van der Waals surface area (Å²) < 4.78 is 0. The van der Waals surface area contributed by atoms with E-state index >= 15 is 0 Å². The molecule has 0 bridgehead atoms. The number of nitrogens with one attached hydrogen (secondary N) is 1. The highest BCUT2D eigenvalue weighted by Crippen LogP contribution is 2.13. The minimum absolute atomic E-state index is 0.667. The van der Waals surface area contributed by atoms with Crippen molar-refractivity contribution in [3.05, 3.63) is 12.2 Å². The Kier molecular flexibility index (Phi) is 3.80. The molecule has 0 amide bonds. The molecular weight excluding hydrogens is 146 g/mol. The molecule has 12 heavy (non-hydrogen) atoms. The summed E-state index contributed by atoms with van der Waals surface area (Å²) in [5, 5.41) is 3.67. The van der Waals surface area contributed by atoms with Crippen LogP contribution in [0.15, 0.2) is 12.2 Å². The third-order valence-corrected chi connectivity index (χ3v) is 3.00. The molecule has 1 nitrogen and oxygen atoms in total. The third kappa shape index (κ3) is 2.63. The van der Waals surface area contributed by atoms with Gasteiger partial charge in [-0.3, -0.25) is 0 Å². The molecule has 0 aromatic carbocycles. The van der Waals surface area contributed by atoms with Crippen molar-refractivity contribution >= 4 is 0 Å². The summed E-state index contributed by atoms with van der Waals surface area (Å²) in [4.78, 5) is 0. The summed E-state index contributed by atoms with van der Waals surface area (Å²) in [5.74, 6) is 0.797. The second-order valence-corrected chi connectivity index (χ2v) is 3.98. The van der Waals surface area contributed by atoms with Gasteiger partial charge in [0.1, 0.15) is 0 Å². The lowest BCUT2D eigenvalue weighted by atomic mass is 10.00.